The van der Waals surface area contributed by atoms with Crippen LogP contribution in [0.1, 0.15) is 25.3 Å². The van der Waals surface area contributed by atoms with Crippen molar-refractivity contribution in [3.8, 4) is 11.4 Å². The van der Waals surface area contributed by atoms with Gasteiger partial charge in [0.2, 0.25) is 5.91 Å². The summed E-state index contributed by atoms with van der Waals surface area (Å²) in [5.41, 5.74) is 3.29. The average Bonchev–Trinajstić information content (AvgIpc) is 3.26. The number of ether oxygens (including phenoxy) is 1. The van der Waals surface area contributed by atoms with Gasteiger partial charge in [0.1, 0.15) is 12.9 Å². The predicted octanol–water partition coefficient (Wildman–Crippen LogP) is 2.42. The SMILES string of the molecule is CC(C)c1cn(CC(=O)N2CCOCC2)c2ccc(-c3ncn(C)n3)cc12. The molecule has 1 amide bonds. The molecular weight excluding hydrogens is 342 g/mol. The number of aryl methyl sites for hydroxylation is 1. The number of fused-ring (bicyclic) bond motifs is 1. The van der Waals surface area contributed by atoms with Crippen LogP contribution in [0.25, 0.3) is 22.3 Å². The molecule has 0 unspecified atom stereocenters. The van der Waals surface area contributed by atoms with Crippen molar-refractivity contribution in [2.45, 2.75) is 26.3 Å². The molecule has 0 bridgehead atoms. The Morgan fingerprint density at radius 2 is 2.04 bits per heavy atom. The van der Waals surface area contributed by atoms with Gasteiger partial charge in [0.05, 0.1) is 13.2 Å². The summed E-state index contributed by atoms with van der Waals surface area (Å²) in [6, 6.07) is 6.23. The minimum atomic E-state index is 0.140. The molecular formula is C20H25N5O2. The Balaban J connectivity index is 1.70. The van der Waals surface area contributed by atoms with Crippen LogP contribution >= 0.6 is 0 Å². The molecule has 7 heteroatoms. The van der Waals surface area contributed by atoms with Gasteiger partial charge in [0, 0.05) is 42.8 Å². The second kappa shape index (κ2) is 7.15. The lowest BCUT2D eigenvalue weighted by molar-refractivity contribution is -0.135. The smallest absolute Gasteiger partial charge is 0.242 e. The van der Waals surface area contributed by atoms with Gasteiger partial charge in [-0.25, -0.2) is 4.98 Å². The van der Waals surface area contributed by atoms with E-state index in [2.05, 4.69) is 46.8 Å². The summed E-state index contributed by atoms with van der Waals surface area (Å²) in [6.07, 6.45) is 3.82. The molecule has 3 aromatic rings. The Labute approximate surface area is 158 Å². The number of hydrogen-bond donors (Lipinski definition) is 0. The van der Waals surface area contributed by atoms with E-state index in [0.29, 0.717) is 44.6 Å². The molecule has 0 N–H and O–H groups in total. The fraction of sp³-hybridized carbons (Fsp3) is 0.450. The van der Waals surface area contributed by atoms with E-state index in [4.69, 9.17) is 4.74 Å². The molecule has 0 saturated carbocycles. The van der Waals surface area contributed by atoms with Gasteiger partial charge in [-0.2, -0.15) is 5.10 Å². The van der Waals surface area contributed by atoms with Gasteiger partial charge in [-0.15, -0.1) is 0 Å². The van der Waals surface area contributed by atoms with Crippen molar-refractivity contribution in [1.82, 2.24) is 24.2 Å². The van der Waals surface area contributed by atoms with Crippen LogP contribution < -0.4 is 0 Å². The molecule has 1 aromatic carbocycles. The Kier molecular flexibility index (Phi) is 4.70. The van der Waals surface area contributed by atoms with Gasteiger partial charge >= 0.3 is 0 Å². The van der Waals surface area contributed by atoms with Gasteiger partial charge in [-0.05, 0) is 29.7 Å². The van der Waals surface area contributed by atoms with Crippen molar-refractivity contribution < 1.29 is 9.53 Å². The van der Waals surface area contributed by atoms with E-state index in [1.54, 1.807) is 11.0 Å². The summed E-state index contributed by atoms with van der Waals surface area (Å²) < 4.78 is 9.12. The normalized spacial score (nSPS) is 15.0. The lowest BCUT2D eigenvalue weighted by Crippen LogP contribution is -2.42. The van der Waals surface area contributed by atoms with E-state index in [0.717, 1.165) is 16.5 Å². The Morgan fingerprint density at radius 1 is 1.26 bits per heavy atom. The fourth-order valence-corrected chi connectivity index (χ4v) is 3.58. The quantitative estimate of drug-likeness (QED) is 0.710. The standard InChI is InChI=1S/C20H25N5O2/c1-14(2)17-11-25(12-19(26)24-6-8-27-9-7-24)18-5-4-15(10-16(17)18)20-21-13-23(3)22-20/h4-5,10-11,13-14H,6-9,12H2,1-3H3. The molecule has 1 fully saturated rings. The van der Waals surface area contributed by atoms with E-state index in [1.807, 2.05) is 18.0 Å². The molecule has 0 spiro atoms. The molecule has 0 aliphatic carbocycles. The van der Waals surface area contributed by atoms with E-state index < -0.39 is 0 Å². The van der Waals surface area contributed by atoms with Crippen LogP contribution in [0.4, 0.5) is 0 Å². The highest BCUT2D eigenvalue weighted by molar-refractivity contribution is 5.89. The number of carbonyl (C=O) groups is 1. The van der Waals surface area contributed by atoms with E-state index >= 15 is 0 Å². The highest BCUT2D eigenvalue weighted by Crippen LogP contribution is 2.31. The Bertz CT molecular complexity index is 966. The molecule has 142 valence electrons. The van der Waals surface area contributed by atoms with Crippen LogP contribution in [0, 0.1) is 0 Å². The molecule has 1 saturated heterocycles. The Morgan fingerprint density at radius 3 is 2.70 bits per heavy atom. The lowest BCUT2D eigenvalue weighted by atomic mass is 10.0. The number of rotatable bonds is 4. The average molecular weight is 367 g/mol. The van der Waals surface area contributed by atoms with Gasteiger partial charge in [0.15, 0.2) is 5.82 Å². The third-order valence-corrected chi connectivity index (χ3v) is 5.06. The van der Waals surface area contributed by atoms with E-state index in [9.17, 15) is 4.79 Å². The minimum Gasteiger partial charge on any atom is -0.378 e. The summed E-state index contributed by atoms with van der Waals surface area (Å²) in [5.74, 6) is 1.21. The van der Waals surface area contributed by atoms with Crippen molar-refractivity contribution >= 4 is 16.8 Å². The first-order chi connectivity index (χ1) is 13.0. The van der Waals surface area contributed by atoms with Gasteiger partial charge < -0.3 is 14.2 Å². The summed E-state index contributed by atoms with van der Waals surface area (Å²) in [4.78, 5) is 18.9. The highest BCUT2D eigenvalue weighted by Gasteiger charge is 2.20. The molecule has 27 heavy (non-hydrogen) atoms. The zero-order valence-electron chi connectivity index (χ0n) is 16.1. The van der Waals surface area contributed by atoms with Crippen LogP contribution in [-0.4, -0.2) is 56.4 Å². The maximum absolute atomic E-state index is 12.7. The molecule has 7 nitrogen and oxygen atoms in total. The number of aromatic nitrogens is 4. The van der Waals surface area contributed by atoms with Crippen molar-refractivity contribution in [2.75, 3.05) is 26.3 Å². The number of carbonyl (C=O) groups excluding carboxylic acids is 1. The molecule has 0 radical (unpaired) electrons. The molecule has 4 rings (SSSR count). The minimum absolute atomic E-state index is 0.140. The van der Waals surface area contributed by atoms with Crippen molar-refractivity contribution in [3.63, 3.8) is 0 Å². The second-order valence-corrected chi connectivity index (χ2v) is 7.33. The molecule has 1 aliphatic rings. The third kappa shape index (κ3) is 3.47. The monoisotopic (exact) mass is 367 g/mol. The third-order valence-electron chi connectivity index (χ3n) is 5.06. The van der Waals surface area contributed by atoms with Crippen molar-refractivity contribution in [3.05, 3.63) is 36.3 Å². The van der Waals surface area contributed by atoms with E-state index in [-0.39, 0.29) is 5.91 Å². The van der Waals surface area contributed by atoms with Crippen LogP contribution in [0.2, 0.25) is 0 Å². The fourth-order valence-electron chi connectivity index (χ4n) is 3.58. The number of benzene rings is 1. The highest BCUT2D eigenvalue weighted by atomic mass is 16.5. The summed E-state index contributed by atoms with van der Waals surface area (Å²) >= 11 is 0. The van der Waals surface area contributed by atoms with Crippen LogP contribution in [-0.2, 0) is 23.1 Å². The predicted molar refractivity (Wildman–Crippen MR) is 103 cm³/mol. The van der Waals surface area contributed by atoms with Crippen molar-refractivity contribution in [1.29, 1.82) is 0 Å². The molecule has 3 heterocycles. The van der Waals surface area contributed by atoms with Gasteiger partial charge in [0.25, 0.3) is 0 Å². The molecule has 1 aliphatic heterocycles. The first-order valence-electron chi connectivity index (χ1n) is 9.37. The number of hydrogen-bond acceptors (Lipinski definition) is 4. The molecule has 2 aromatic heterocycles. The molecule has 0 atom stereocenters. The van der Waals surface area contributed by atoms with Crippen LogP contribution in [0.3, 0.4) is 0 Å². The first kappa shape index (κ1) is 17.7. The van der Waals surface area contributed by atoms with E-state index in [1.165, 1.54) is 5.56 Å². The zero-order valence-corrected chi connectivity index (χ0v) is 16.1. The Hall–Kier alpha value is -2.67. The summed E-state index contributed by atoms with van der Waals surface area (Å²) in [6.45, 7) is 7.29. The van der Waals surface area contributed by atoms with Crippen LogP contribution in [0.5, 0.6) is 0 Å². The largest absolute Gasteiger partial charge is 0.378 e. The number of amides is 1. The van der Waals surface area contributed by atoms with Gasteiger partial charge in [-0.1, -0.05) is 13.8 Å². The first-order valence-corrected chi connectivity index (χ1v) is 9.37. The zero-order chi connectivity index (χ0) is 19.0. The second-order valence-electron chi connectivity index (χ2n) is 7.33. The number of nitrogens with zero attached hydrogens (tertiary/aromatic N) is 5. The maximum Gasteiger partial charge on any atom is 0.242 e. The topological polar surface area (TPSA) is 65.2 Å². The maximum atomic E-state index is 12.7. The number of morpholine rings is 1. The van der Waals surface area contributed by atoms with Gasteiger partial charge in [-0.3, -0.25) is 9.48 Å². The van der Waals surface area contributed by atoms with Crippen molar-refractivity contribution in [2.24, 2.45) is 7.05 Å². The summed E-state index contributed by atoms with van der Waals surface area (Å²) in [7, 11) is 1.86. The summed E-state index contributed by atoms with van der Waals surface area (Å²) in [5, 5.41) is 5.56. The lowest BCUT2D eigenvalue weighted by Gasteiger charge is -2.27. The van der Waals surface area contributed by atoms with Crippen LogP contribution in [0.15, 0.2) is 30.7 Å².